The third-order valence-electron chi connectivity index (χ3n) is 3.01. The van der Waals surface area contributed by atoms with Crippen molar-refractivity contribution in [2.75, 3.05) is 24.8 Å². The number of carboxylic acid groups (broad SMARTS) is 3. The Balaban J connectivity index is 5.04. The Hall–Kier alpha value is -0.470. The maximum atomic E-state index is 10.7. The summed E-state index contributed by atoms with van der Waals surface area (Å²) in [6, 6.07) is 0. The molecule has 0 bridgehead atoms. The molecule has 0 saturated heterocycles. The van der Waals surface area contributed by atoms with E-state index in [1.807, 2.05) is 22.0 Å². The van der Waals surface area contributed by atoms with Gasteiger partial charge in [-0.05, 0) is 0 Å². The molecule has 0 radical (unpaired) electrons. The van der Waals surface area contributed by atoms with Gasteiger partial charge in [-0.3, -0.25) is 0 Å². The van der Waals surface area contributed by atoms with Crippen LogP contribution >= 0.6 is 26.3 Å². The van der Waals surface area contributed by atoms with Crippen molar-refractivity contribution in [3.05, 3.63) is 0 Å². The summed E-state index contributed by atoms with van der Waals surface area (Å²) in [5, 5.41) is 35.9. The van der Waals surface area contributed by atoms with E-state index in [9.17, 15) is 19.5 Å². The first-order chi connectivity index (χ1) is 8.61. The van der Waals surface area contributed by atoms with Gasteiger partial charge < -0.3 is 0 Å². The number of carbonyl (C=O) groups is 3. The van der Waals surface area contributed by atoms with E-state index < -0.39 is 22.2 Å². The molecule has 0 fully saturated rings. The average Bonchev–Trinajstić information content (AvgIpc) is 2.33. The first-order valence-corrected chi connectivity index (χ1v) is 11.4. The Bertz CT molecular complexity index is 323. The van der Waals surface area contributed by atoms with Crippen LogP contribution in [0.5, 0.6) is 0 Å². The van der Waals surface area contributed by atoms with E-state index in [-0.39, 0.29) is 44.1 Å². The zero-order chi connectivity index (χ0) is 15.1. The second-order valence-electron chi connectivity index (χ2n) is 4.56. The zero-order valence-corrected chi connectivity index (χ0v) is 13.3. The first-order valence-electron chi connectivity index (χ1n) is 5.59. The summed E-state index contributed by atoms with van der Waals surface area (Å²) in [7, 11) is 0. The van der Waals surface area contributed by atoms with Crippen LogP contribution in [0.2, 0.25) is 0 Å². The molecule has 0 saturated carbocycles. The molecule has 7 nitrogen and oxygen atoms in total. The molecule has 0 amide bonds. The molecule has 0 unspecified atom stereocenters. The van der Waals surface area contributed by atoms with Crippen molar-refractivity contribution in [2.45, 2.75) is 19.3 Å². The summed E-state index contributed by atoms with van der Waals surface area (Å²) in [4.78, 5) is 32.1. The van der Waals surface area contributed by atoms with Crippen molar-refractivity contribution >= 4 is 44.2 Å². The van der Waals surface area contributed by atoms with E-state index in [0.717, 1.165) is 0 Å². The summed E-state index contributed by atoms with van der Waals surface area (Å²) in [5.74, 6) is -3.11. The van der Waals surface area contributed by atoms with Crippen molar-refractivity contribution < 1.29 is 34.8 Å². The van der Waals surface area contributed by atoms with Crippen LogP contribution in [0.15, 0.2) is 0 Å². The fraction of sp³-hybridized carbons (Fsp3) is 0.700. The monoisotopic (exact) mass is 408 g/mol. The van der Waals surface area contributed by atoms with Crippen molar-refractivity contribution in [3.63, 3.8) is 0 Å². The van der Waals surface area contributed by atoms with Gasteiger partial charge >= 0.3 is 123 Å². The van der Waals surface area contributed by atoms with Crippen molar-refractivity contribution in [2.24, 2.45) is 0 Å². The fourth-order valence-corrected chi connectivity index (χ4v) is 7.19. The Morgan fingerprint density at radius 1 is 0.789 bits per heavy atom. The Labute approximate surface area is 123 Å². The van der Waals surface area contributed by atoms with Gasteiger partial charge in [0.05, 0.1) is 0 Å². The van der Waals surface area contributed by atoms with Crippen LogP contribution in [0, 0.1) is 0 Å². The predicted octanol–water partition coefficient (Wildman–Crippen LogP) is 1.26. The summed E-state index contributed by atoms with van der Waals surface area (Å²) in [6.07, 6.45) is -0.461. The average molecular weight is 408 g/mol. The minimum atomic E-state index is -3.06. The van der Waals surface area contributed by atoms with Gasteiger partial charge in [-0.15, -0.1) is 0 Å². The van der Waals surface area contributed by atoms with Crippen LogP contribution in [-0.2, 0) is 14.4 Å². The van der Waals surface area contributed by atoms with Gasteiger partial charge in [0, 0.05) is 0 Å². The molecule has 9 heteroatoms. The van der Waals surface area contributed by atoms with Crippen LogP contribution in [-0.4, -0.2) is 63.2 Å². The summed E-state index contributed by atoms with van der Waals surface area (Å²) in [6.45, 7) is 0. The van der Waals surface area contributed by atoms with Gasteiger partial charge in [0.25, 0.3) is 0 Å². The van der Waals surface area contributed by atoms with Gasteiger partial charge in [0.1, 0.15) is 0 Å². The van der Waals surface area contributed by atoms with Crippen LogP contribution in [0.25, 0.3) is 0 Å². The number of hydrogen-bond acceptors (Lipinski definition) is 4. The van der Waals surface area contributed by atoms with E-state index in [1.165, 1.54) is 0 Å². The second-order valence-corrected chi connectivity index (χ2v) is 18.0. The van der Waals surface area contributed by atoms with Gasteiger partial charge in [-0.1, -0.05) is 0 Å². The molecule has 0 aliphatic carbocycles. The van der Waals surface area contributed by atoms with E-state index >= 15 is 0 Å². The molecule has 0 aromatic heterocycles. The number of carboxylic acids is 3. The molecule has 0 atom stereocenters. The predicted molar refractivity (Wildman–Crippen MR) is 79.4 cm³/mol. The second kappa shape index (κ2) is 7.35. The number of aliphatic carboxylic acids is 3. The molecule has 0 aromatic carbocycles. The zero-order valence-electron chi connectivity index (χ0n) is 10.3. The van der Waals surface area contributed by atoms with Crippen molar-refractivity contribution in [3.8, 4) is 0 Å². The molecule has 0 aromatic rings. The number of rotatable bonds is 10. The van der Waals surface area contributed by atoms with E-state index in [0.29, 0.717) is 0 Å². The maximum absolute atomic E-state index is 10.7. The molecule has 112 valence electrons. The third kappa shape index (κ3) is 7.03. The number of aliphatic hydroxyl groups excluding tert-OH is 1. The summed E-state index contributed by atoms with van der Waals surface area (Å²) in [5.41, 5.74) is 0. The fourth-order valence-electron chi connectivity index (χ4n) is 1.67. The number of aliphatic hydroxyl groups is 1. The van der Waals surface area contributed by atoms with Crippen LogP contribution < -0.4 is 0 Å². The van der Waals surface area contributed by atoms with Crippen LogP contribution in [0.4, 0.5) is 0 Å². The van der Waals surface area contributed by atoms with Gasteiger partial charge in [-0.25, -0.2) is 0 Å². The van der Waals surface area contributed by atoms with Gasteiger partial charge in [-0.2, -0.15) is 0 Å². The normalized spacial score (nSPS) is 13.5. The molecule has 0 heterocycles. The number of hydrogen-bond donors (Lipinski definition) is 4. The molecular formula is C10H18IO7P. The third-order valence-corrected chi connectivity index (χ3v) is 13.0. The quantitative estimate of drug-likeness (QED) is 0.316. The Kier molecular flexibility index (Phi) is 7.17. The topological polar surface area (TPSA) is 132 Å². The number of halogens is 1. The first kappa shape index (κ1) is 18.5. The van der Waals surface area contributed by atoms with Crippen LogP contribution in [0.3, 0.4) is 0 Å². The van der Waals surface area contributed by atoms with Gasteiger partial charge in [0.15, 0.2) is 0 Å². The SMILES string of the molecule is O=C(O)CCP(I)(CO)(CCC(=O)O)CCC(=O)O. The Morgan fingerprint density at radius 3 is 1.21 bits per heavy atom. The molecule has 0 aliphatic rings. The Morgan fingerprint density at radius 2 is 1.05 bits per heavy atom. The van der Waals surface area contributed by atoms with Crippen molar-refractivity contribution in [1.82, 2.24) is 0 Å². The standard InChI is InChI=1S/C10H18IO7P/c11-19(7-12,4-1-8(13)14,5-2-9(15)16)6-3-10(17)18/h12H,1-7H2,(H,13,14)(H,15,16)(H,17,18). The summed E-state index contributed by atoms with van der Waals surface area (Å²) >= 11 is 1.96. The molecule has 0 aliphatic heterocycles. The molecule has 4 N–H and O–H groups in total. The van der Waals surface area contributed by atoms with E-state index in [1.54, 1.807) is 0 Å². The summed E-state index contributed by atoms with van der Waals surface area (Å²) < 4.78 is -3.06. The van der Waals surface area contributed by atoms with E-state index in [2.05, 4.69) is 0 Å². The molecule has 19 heavy (non-hydrogen) atoms. The van der Waals surface area contributed by atoms with E-state index in [4.69, 9.17) is 15.3 Å². The van der Waals surface area contributed by atoms with Crippen molar-refractivity contribution in [1.29, 1.82) is 0 Å². The van der Waals surface area contributed by atoms with Crippen LogP contribution in [0.1, 0.15) is 19.3 Å². The minimum absolute atomic E-state index is 0.151. The molecular weight excluding hydrogens is 390 g/mol. The molecule has 0 spiro atoms. The molecule has 0 rings (SSSR count). The van der Waals surface area contributed by atoms with Gasteiger partial charge in [0.2, 0.25) is 0 Å².